The predicted octanol–water partition coefficient (Wildman–Crippen LogP) is -8.92. The number of hydrogen-bond acceptors (Lipinski definition) is 20. The summed E-state index contributed by atoms with van der Waals surface area (Å²) in [6, 6.07) is -4.18. The van der Waals surface area contributed by atoms with Crippen molar-refractivity contribution in [3.8, 4) is 0 Å². The summed E-state index contributed by atoms with van der Waals surface area (Å²) in [7, 11) is 0. The Bertz CT molecular complexity index is 935. The van der Waals surface area contributed by atoms with Gasteiger partial charge in [-0.2, -0.15) is 0 Å². The van der Waals surface area contributed by atoms with Crippen LogP contribution in [0, 0.1) is 0 Å². The van der Waals surface area contributed by atoms with Crippen LogP contribution >= 0.6 is 0 Å². The van der Waals surface area contributed by atoms with Crippen molar-refractivity contribution in [2.75, 3.05) is 32.8 Å². The number of nitrogens with two attached hydrogens (primary N) is 6. The molecule has 0 unspecified atom stereocenters. The topological polar surface area (TPSA) is 365 Å². The second kappa shape index (κ2) is 16.7. The highest BCUT2D eigenvalue weighted by molar-refractivity contribution is 5.02. The number of aliphatic hydroxyl groups excluding tert-OH is 7. The zero-order chi connectivity index (χ0) is 33.9. The van der Waals surface area contributed by atoms with Crippen molar-refractivity contribution >= 4 is 0 Å². The van der Waals surface area contributed by atoms with Crippen molar-refractivity contribution in [2.24, 2.45) is 34.4 Å². The van der Waals surface area contributed by atoms with Gasteiger partial charge in [-0.1, -0.05) is 0 Å². The van der Waals surface area contributed by atoms with Gasteiger partial charge in [0.1, 0.15) is 67.1 Å². The molecule has 0 radical (unpaired) electrons. The van der Waals surface area contributed by atoms with E-state index in [4.69, 9.17) is 62.8 Å². The van der Waals surface area contributed by atoms with Crippen LogP contribution in [0.25, 0.3) is 0 Å². The Kier molecular flexibility index (Phi) is 13.8. The van der Waals surface area contributed by atoms with Gasteiger partial charge in [0.05, 0.1) is 24.8 Å². The smallest absolute Gasteiger partial charge is 0.187 e. The Balaban J connectivity index is 1.47. The normalized spacial score (nSPS) is 50.2. The molecule has 0 bridgehead atoms. The van der Waals surface area contributed by atoms with E-state index in [2.05, 4.69) is 5.32 Å². The van der Waals surface area contributed by atoms with Crippen molar-refractivity contribution in [3.63, 3.8) is 0 Å². The molecule has 0 aromatic rings. The summed E-state index contributed by atoms with van der Waals surface area (Å²) < 4.78 is 35.2. The lowest BCUT2D eigenvalue weighted by molar-refractivity contribution is -0.307. The molecule has 3 aliphatic heterocycles. The van der Waals surface area contributed by atoms with Crippen LogP contribution in [0.3, 0.4) is 0 Å². The van der Waals surface area contributed by atoms with E-state index in [1.165, 1.54) is 0 Å². The highest BCUT2D eigenvalue weighted by atomic mass is 16.8. The minimum Gasteiger partial charge on any atom is -0.394 e. The quantitative estimate of drug-likeness (QED) is 0.0808. The summed E-state index contributed by atoms with van der Waals surface area (Å²) in [5.41, 5.74) is 35.8. The Hall–Kier alpha value is -0.800. The van der Waals surface area contributed by atoms with E-state index >= 15 is 0 Å². The van der Waals surface area contributed by atoms with E-state index in [0.29, 0.717) is 19.5 Å². The van der Waals surface area contributed by atoms with Crippen LogP contribution in [-0.2, 0) is 28.4 Å². The van der Waals surface area contributed by atoms with Crippen molar-refractivity contribution in [2.45, 2.75) is 129 Å². The van der Waals surface area contributed by atoms with Gasteiger partial charge in [-0.15, -0.1) is 0 Å². The van der Waals surface area contributed by atoms with Gasteiger partial charge in [0, 0.05) is 25.2 Å². The fraction of sp³-hybridized carbons (Fsp3) is 1.00. The zero-order valence-corrected chi connectivity index (χ0v) is 25.5. The lowest BCUT2D eigenvalue weighted by Gasteiger charge is -2.47. The molecule has 19 atom stereocenters. The molecule has 0 aromatic heterocycles. The first-order valence-electron chi connectivity index (χ1n) is 15.6. The first kappa shape index (κ1) is 38.0. The van der Waals surface area contributed by atoms with Gasteiger partial charge in [0.25, 0.3) is 0 Å². The van der Waals surface area contributed by atoms with E-state index in [9.17, 15) is 35.7 Å². The second-order valence-corrected chi connectivity index (χ2v) is 12.4. The molecule has 0 spiro atoms. The third kappa shape index (κ3) is 8.14. The third-order valence-electron chi connectivity index (χ3n) is 9.04. The number of ether oxygens (including phenoxy) is 6. The minimum absolute atomic E-state index is 0.0926. The maximum absolute atomic E-state index is 11.2. The predicted molar refractivity (Wildman–Crippen MR) is 156 cm³/mol. The van der Waals surface area contributed by atoms with Gasteiger partial charge >= 0.3 is 0 Å². The highest BCUT2D eigenvalue weighted by Gasteiger charge is 2.54. The monoisotopic (exact) mass is 671 g/mol. The molecule has 1 aliphatic carbocycles. The number of hydrogen-bond donors (Lipinski definition) is 14. The van der Waals surface area contributed by atoms with Crippen molar-refractivity contribution < 1.29 is 64.2 Å². The molecular formula is C26H53N7O13. The largest absolute Gasteiger partial charge is 0.394 e. The number of aliphatic hydroxyl groups is 7. The fourth-order valence-electron chi connectivity index (χ4n) is 6.19. The number of rotatable bonds is 13. The van der Waals surface area contributed by atoms with Crippen LogP contribution in [0.5, 0.6) is 0 Å². The molecule has 46 heavy (non-hydrogen) atoms. The lowest BCUT2D eigenvalue weighted by Crippen LogP contribution is -2.68. The van der Waals surface area contributed by atoms with Crippen LogP contribution in [0.15, 0.2) is 0 Å². The molecule has 0 amide bonds. The molecule has 1 saturated carbocycles. The summed E-state index contributed by atoms with van der Waals surface area (Å²) in [6.45, 7) is 0.342. The van der Waals surface area contributed by atoms with Gasteiger partial charge in [0.2, 0.25) is 0 Å². The molecular weight excluding hydrogens is 618 g/mol. The maximum Gasteiger partial charge on any atom is 0.187 e. The summed E-state index contributed by atoms with van der Waals surface area (Å²) >= 11 is 0. The van der Waals surface area contributed by atoms with E-state index in [0.717, 1.165) is 0 Å². The van der Waals surface area contributed by atoms with E-state index in [1.54, 1.807) is 0 Å². The average molecular weight is 672 g/mol. The molecule has 4 fully saturated rings. The number of nitrogens with one attached hydrogen (secondary N) is 1. The molecule has 20 heteroatoms. The minimum atomic E-state index is -1.61. The molecule has 20 nitrogen and oxygen atoms in total. The summed E-state index contributed by atoms with van der Waals surface area (Å²) in [5, 5.41) is 77.1. The zero-order valence-electron chi connectivity index (χ0n) is 25.5. The van der Waals surface area contributed by atoms with Crippen LogP contribution in [0.4, 0.5) is 0 Å². The first-order valence-corrected chi connectivity index (χ1v) is 15.6. The van der Waals surface area contributed by atoms with Gasteiger partial charge in [-0.05, 0) is 25.9 Å². The highest BCUT2D eigenvalue weighted by Crippen LogP contribution is 2.34. The van der Waals surface area contributed by atoms with E-state index in [-0.39, 0.29) is 19.5 Å². The van der Waals surface area contributed by atoms with Gasteiger partial charge in [0.15, 0.2) is 18.9 Å². The van der Waals surface area contributed by atoms with E-state index in [1.807, 2.05) is 0 Å². The first-order chi connectivity index (χ1) is 21.8. The third-order valence-corrected chi connectivity index (χ3v) is 9.04. The van der Waals surface area contributed by atoms with Crippen LogP contribution in [-0.4, -0.2) is 185 Å². The standard InChI is InChI=1S/C26H53N7O13/c27-2-1-3-33-6-11-17(37)19(39)14(32)25(42-11)44-21-9(30)4-8(29)15(35)23(21)46-26-20(40)22(12(7-34)43-26)45-24-13(31)18(38)16(36)10(5-28)41-24/h8-26,33-40H,1-7,27-32H2/t8-,9+,10+,11-,12-,13-,14-,15+,16-,17-,18-,19-,20-,21-,22-,23-,24-,25-,26+/m1/s1. The van der Waals surface area contributed by atoms with Crippen molar-refractivity contribution in [3.05, 3.63) is 0 Å². The summed E-state index contributed by atoms with van der Waals surface area (Å²) in [4.78, 5) is 0. The Morgan fingerprint density at radius 3 is 1.74 bits per heavy atom. The van der Waals surface area contributed by atoms with Crippen molar-refractivity contribution in [1.29, 1.82) is 0 Å². The molecule has 3 heterocycles. The molecule has 270 valence electrons. The molecule has 0 aromatic carbocycles. The Morgan fingerprint density at radius 1 is 0.609 bits per heavy atom. The molecule has 3 saturated heterocycles. The Labute approximate surface area is 266 Å². The van der Waals surface area contributed by atoms with Crippen LogP contribution in [0.1, 0.15) is 12.8 Å². The van der Waals surface area contributed by atoms with Crippen molar-refractivity contribution in [1.82, 2.24) is 5.32 Å². The van der Waals surface area contributed by atoms with Gasteiger partial charge in [-0.3, -0.25) is 0 Å². The fourth-order valence-corrected chi connectivity index (χ4v) is 6.19. The second-order valence-electron chi connectivity index (χ2n) is 12.4. The van der Waals surface area contributed by atoms with Crippen LogP contribution in [0.2, 0.25) is 0 Å². The SMILES string of the molecule is NCCCNC[C@H]1O[C@H](O[C@H]2[C@H](O[C@@H]3O[C@H](CO)[C@@H](O[C@H]4O[C@@H](CN)[C@@H](O)[C@H](O)[C@H]4N)[C@H]3O)[C@@H](O)[C@H](N)C[C@@H]2N)[C@H](N)[C@@H](O)[C@@H]1O. The average Bonchev–Trinajstić information content (AvgIpc) is 3.33. The lowest BCUT2D eigenvalue weighted by atomic mass is 9.84. The molecule has 4 aliphatic rings. The van der Waals surface area contributed by atoms with Gasteiger partial charge in [-0.25, -0.2) is 0 Å². The summed E-state index contributed by atoms with van der Waals surface area (Å²) in [6.07, 6.45) is -19.0. The summed E-state index contributed by atoms with van der Waals surface area (Å²) in [5.74, 6) is 0. The Morgan fingerprint density at radius 2 is 1.15 bits per heavy atom. The molecule has 20 N–H and O–H groups in total. The maximum atomic E-state index is 11.2. The van der Waals surface area contributed by atoms with Crippen LogP contribution < -0.4 is 39.7 Å². The molecule has 4 rings (SSSR count). The van der Waals surface area contributed by atoms with Gasteiger partial charge < -0.3 is 104 Å². The van der Waals surface area contributed by atoms with E-state index < -0.39 is 123 Å².